The molecule has 6 nitrogen and oxygen atoms in total. The molecule has 1 aliphatic rings. The molecule has 1 fully saturated rings. The lowest BCUT2D eigenvalue weighted by atomic mass is 9.51. The van der Waals surface area contributed by atoms with Crippen LogP contribution in [-0.4, -0.2) is 43.9 Å². The van der Waals surface area contributed by atoms with Gasteiger partial charge < -0.3 is 15.9 Å². The summed E-state index contributed by atoms with van der Waals surface area (Å²) in [6.45, 7) is 8.83. The molecule has 3 unspecified atom stereocenters. The van der Waals surface area contributed by atoms with E-state index in [0.29, 0.717) is 37.1 Å². The summed E-state index contributed by atoms with van der Waals surface area (Å²) in [5, 5.41) is 18.5. The number of hydrogen-bond acceptors (Lipinski definition) is 5. The van der Waals surface area contributed by atoms with E-state index in [9.17, 15) is 18.6 Å². The van der Waals surface area contributed by atoms with Crippen LogP contribution >= 0.6 is 0 Å². The van der Waals surface area contributed by atoms with E-state index in [1.165, 1.54) is 0 Å². The molecule has 1 saturated carbocycles. The van der Waals surface area contributed by atoms with Gasteiger partial charge in [-0.15, -0.1) is 0 Å². The zero-order valence-corrected chi connectivity index (χ0v) is 19.0. The minimum atomic E-state index is -3.56. The van der Waals surface area contributed by atoms with Gasteiger partial charge >= 0.3 is 0 Å². The van der Waals surface area contributed by atoms with E-state index >= 15 is 0 Å². The molecule has 3 atom stereocenters. The predicted molar refractivity (Wildman–Crippen MR) is 116 cm³/mol. The Balaban J connectivity index is 1.97. The van der Waals surface area contributed by atoms with E-state index < -0.39 is 15.6 Å². The summed E-state index contributed by atoms with van der Waals surface area (Å²) in [5.41, 5.74) is 6.04. The number of rotatable bonds is 11. The van der Waals surface area contributed by atoms with Crippen molar-refractivity contribution >= 4 is 10.0 Å². The average molecular weight is 427 g/mol. The Hall–Kier alpha value is -0.990. The summed E-state index contributed by atoms with van der Waals surface area (Å²) in [6, 6.07) is 6.73. The van der Waals surface area contributed by atoms with Gasteiger partial charge in [-0.3, -0.25) is 0 Å². The average Bonchev–Trinajstić information content (AvgIpc) is 2.72. The van der Waals surface area contributed by atoms with Crippen LogP contribution in [0.1, 0.15) is 52.5 Å². The summed E-state index contributed by atoms with van der Waals surface area (Å²) in [4.78, 5) is 0.251. The van der Waals surface area contributed by atoms with E-state index in [1.807, 2.05) is 0 Å². The van der Waals surface area contributed by atoms with Crippen LogP contribution in [0.5, 0.6) is 0 Å². The van der Waals surface area contributed by atoms with E-state index in [2.05, 4.69) is 32.4 Å². The van der Waals surface area contributed by atoms with Crippen molar-refractivity contribution in [3.05, 3.63) is 29.8 Å². The van der Waals surface area contributed by atoms with Crippen molar-refractivity contribution in [2.45, 2.75) is 63.8 Å². The standard InChI is InChI=1S/C22H38N2O4S/c1-5-18(20-12-16(2)21(20,3)4)13-24-29(27,28)19-8-6-17(7-9-19)10-11-22(23,14-25)15-26/h6-9,16,18,20,24-26H,5,10-15,23H2,1-4H3. The largest absolute Gasteiger partial charge is 0.394 e. The normalized spacial score (nSPS) is 22.9. The fourth-order valence-corrected chi connectivity index (χ4v) is 5.40. The fraction of sp³-hybridized carbons (Fsp3) is 0.727. The van der Waals surface area contributed by atoms with Gasteiger partial charge in [-0.05, 0) is 60.1 Å². The second kappa shape index (κ2) is 9.43. The molecule has 0 radical (unpaired) electrons. The minimum absolute atomic E-state index is 0.251. The Bertz CT molecular complexity index is 758. The molecule has 0 spiro atoms. The van der Waals surface area contributed by atoms with Crippen molar-refractivity contribution in [3.63, 3.8) is 0 Å². The number of sulfonamides is 1. The molecule has 7 heteroatoms. The van der Waals surface area contributed by atoms with Gasteiger partial charge in [-0.25, -0.2) is 13.1 Å². The van der Waals surface area contributed by atoms with Crippen LogP contribution in [0.4, 0.5) is 0 Å². The summed E-state index contributed by atoms with van der Waals surface area (Å²) in [6.07, 6.45) is 3.08. The van der Waals surface area contributed by atoms with E-state index in [0.717, 1.165) is 18.4 Å². The number of benzene rings is 1. The fourth-order valence-electron chi connectivity index (χ4n) is 4.30. The van der Waals surface area contributed by atoms with Gasteiger partial charge in [0.15, 0.2) is 0 Å². The second-order valence-corrected chi connectivity index (χ2v) is 11.2. The highest BCUT2D eigenvalue weighted by Gasteiger charge is 2.48. The van der Waals surface area contributed by atoms with Crippen molar-refractivity contribution in [1.82, 2.24) is 4.72 Å². The molecule has 0 amide bonds. The maximum atomic E-state index is 12.7. The van der Waals surface area contributed by atoms with Crippen molar-refractivity contribution < 1.29 is 18.6 Å². The topological polar surface area (TPSA) is 113 Å². The maximum absolute atomic E-state index is 12.7. The van der Waals surface area contributed by atoms with Gasteiger partial charge in [-0.2, -0.15) is 0 Å². The molecule has 0 aromatic heterocycles. The third-order valence-corrected chi connectivity index (χ3v) is 8.68. The number of aliphatic hydroxyl groups is 2. The van der Waals surface area contributed by atoms with Crippen LogP contribution in [0.15, 0.2) is 29.2 Å². The molecule has 2 rings (SSSR count). The van der Waals surface area contributed by atoms with Crippen molar-refractivity contribution in [2.24, 2.45) is 28.9 Å². The van der Waals surface area contributed by atoms with Gasteiger partial charge in [0.25, 0.3) is 0 Å². The van der Waals surface area contributed by atoms with Crippen molar-refractivity contribution in [3.8, 4) is 0 Å². The number of aryl methyl sites for hydroxylation is 1. The van der Waals surface area contributed by atoms with Crippen LogP contribution in [0, 0.1) is 23.2 Å². The summed E-state index contributed by atoms with van der Waals surface area (Å²) in [5.74, 6) is 1.56. The highest BCUT2D eigenvalue weighted by atomic mass is 32.2. The van der Waals surface area contributed by atoms with Crippen LogP contribution in [0.3, 0.4) is 0 Å². The molecular formula is C22H38N2O4S. The minimum Gasteiger partial charge on any atom is -0.394 e. The van der Waals surface area contributed by atoms with Gasteiger partial charge in [-0.1, -0.05) is 46.2 Å². The lowest BCUT2D eigenvalue weighted by Crippen LogP contribution is -2.49. The summed E-state index contributed by atoms with van der Waals surface area (Å²) >= 11 is 0. The van der Waals surface area contributed by atoms with Gasteiger partial charge in [0.1, 0.15) is 0 Å². The zero-order valence-electron chi connectivity index (χ0n) is 18.2. The summed E-state index contributed by atoms with van der Waals surface area (Å²) in [7, 11) is -3.56. The number of aliphatic hydroxyl groups excluding tert-OH is 2. The Morgan fingerprint density at radius 3 is 2.28 bits per heavy atom. The first kappa shape index (κ1) is 24.3. The van der Waals surface area contributed by atoms with Gasteiger partial charge in [0.2, 0.25) is 10.0 Å². The monoisotopic (exact) mass is 426 g/mol. The Labute approximate surface area is 176 Å². The van der Waals surface area contributed by atoms with E-state index in [-0.39, 0.29) is 23.5 Å². The third-order valence-electron chi connectivity index (χ3n) is 7.24. The second-order valence-electron chi connectivity index (χ2n) is 9.41. The first-order valence-electron chi connectivity index (χ1n) is 10.6. The first-order valence-corrected chi connectivity index (χ1v) is 12.1. The Morgan fingerprint density at radius 2 is 1.83 bits per heavy atom. The van der Waals surface area contributed by atoms with Gasteiger partial charge in [0, 0.05) is 6.54 Å². The highest BCUT2D eigenvalue weighted by molar-refractivity contribution is 7.89. The molecule has 1 aliphatic carbocycles. The smallest absolute Gasteiger partial charge is 0.240 e. The molecule has 1 aromatic carbocycles. The summed E-state index contributed by atoms with van der Waals surface area (Å²) < 4.78 is 28.3. The van der Waals surface area contributed by atoms with Crippen LogP contribution in [-0.2, 0) is 16.4 Å². The van der Waals surface area contributed by atoms with Crippen molar-refractivity contribution in [2.75, 3.05) is 19.8 Å². The zero-order chi connectivity index (χ0) is 21.9. The maximum Gasteiger partial charge on any atom is 0.240 e. The number of nitrogens with one attached hydrogen (secondary N) is 1. The molecule has 166 valence electrons. The SMILES string of the molecule is CCC(CNS(=O)(=O)c1ccc(CCC(N)(CO)CO)cc1)C1CC(C)C1(C)C. The first-order chi connectivity index (χ1) is 13.5. The molecule has 0 heterocycles. The van der Waals surface area contributed by atoms with Gasteiger partial charge in [0.05, 0.1) is 23.6 Å². The third kappa shape index (κ3) is 5.58. The number of hydrogen-bond donors (Lipinski definition) is 4. The van der Waals surface area contributed by atoms with Crippen LogP contribution < -0.4 is 10.5 Å². The number of nitrogens with two attached hydrogens (primary N) is 1. The Kier molecular flexibility index (Phi) is 7.90. The lowest BCUT2D eigenvalue weighted by molar-refractivity contribution is -0.0466. The Morgan fingerprint density at radius 1 is 1.24 bits per heavy atom. The quantitative estimate of drug-likeness (QED) is 0.434. The highest BCUT2D eigenvalue weighted by Crippen LogP contribution is 2.54. The molecule has 0 aliphatic heterocycles. The van der Waals surface area contributed by atoms with Crippen LogP contribution in [0.2, 0.25) is 0 Å². The molecular weight excluding hydrogens is 388 g/mol. The molecule has 1 aromatic rings. The molecule has 29 heavy (non-hydrogen) atoms. The lowest BCUT2D eigenvalue weighted by Gasteiger charge is -2.54. The molecule has 5 N–H and O–H groups in total. The van der Waals surface area contributed by atoms with E-state index in [4.69, 9.17) is 5.73 Å². The van der Waals surface area contributed by atoms with Crippen molar-refractivity contribution in [1.29, 1.82) is 0 Å². The van der Waals surface area contributed by atoms with Crippen LogP contribution in [0.25, 0.3) is 0 Å². The van der Waals surface area contributed by atoms with E-state index in [1.54, 1.807) is 24.3 Å². The molecule has 0 saturated heterocycles. The predicted octanol–water partition coefficient (Wildman–Crippen LogP) is 2.29. The molecule has 0 bridgehead atoms.